The topological polar surface area (TPSA) is 53.9 Å². The Morgan fingerprint density at radius 1 is 1.08 bits per heavy atom. The molecule has 0 saturated carbocycles. The van der Waals surface area contributed by atoms with Crippen molar-refractivity contribution in [2.45, 2.75) is 19.9 Å². The Morgan fingerprint density at radius 3 is 2.32 bits per heavy atom. The second-order valence-corrected chi connectivity index (χ2v) is 5.64. The van der Waals surface area contributed by atoms with Crippen molar-refractivity contribution in [1.82, 2.24) is 4.90 Å². The van der Waals surface area contributed by atoms with Crippen molar-refractivity contribution in [3.8, 4) is 5.75 Å². The van der Waals surface area contributed by atoms with Gasteiger partial charge in [-0.15, -0.1) is 12.4 Å². The molecule has 5 nitrogen and oxygen atoms in total. The number of carbonyl (C=O) groups excluding carboxylic acids is 1. The van der Waals surface area contributed by atoms with Gasteiger partial charge in [0, 0.05) is 5.69 Å². The van der Waals surface area contributed by atoms with E-state index in [1.807, 2.05) is 36.4 Å². The zero-order valence-electron chi connectivity index (χ0n) is 14.4. The van der Waals surface area contributed by atoms with E-state index in [-0.39, 0.29) is 24.9 Å². The van der Waals surface area contributed by atoms with E-state index in [2.05, 4.69) is 29.4 Å². The molecule has 0 atom stereocenters. The van der Waals surface area contributed by atoms with E-state index in [1.165, 1.54) is 5.56 Å². The average molecular weight is 360 g/mol. The number of aryl methyl sites for hydroxylation is 1. The summed E-state index contributed by atoms with van der Waals surface area (Å²) in [5.41, 5.74) is 3.24. The third kappa shape index (κ3) is 4.51. The molecule has 0 saturated heterocycles. The second-order valence-electron chi connectivity index (χ2n) is 5.64. The van der Waals surface area contributed by atoms with E-state index >= 15 is 0 Å². The summed E-state index contributed by atoms with van der Waals surface area (Å²) in [6.07, 6.45) is 1.00. The van der Waals surface area contributed by atoms with Crippen LogP contribution in [-0.4, -0.2) is 30.4 Å². The van der Waals surface area contributed by atoms with E-state index in [0.29, 0.717) is 12.5 Å². The molecule has 0 bridgehead atoms. The molecule has 0 fully saturated rings. The molecule has 0 aromatic heterocycles. The lowest BCUT2D eigenvalue weighted by Crippen LogP contribution is -2.36. The largest absolute Gasteiger partial charge is 0.497 e. The van der Waals surface area contributed by atoms with E-state index in [0.717, 1.165) is 23.4 Å². The second kappa shape index (κ2) is 8.53. The highest BCUT2D eigenvalue weighted by Gasteiger charge is 2.25. The maximum atomic E-state index is 12.1. The Kier molecular flexibility index (Phi) is 6.42. The maximum Gasteiger partial charge on any atom is 0.251 e. The number of amides is 1. The quantitative estimate of drug-likeness (QED) is 0.889. The van der Waals surface area contributed by atoms with Crippen molar-refractivity contribution < 1.29 is 9.53 Å². The molecular formula is C19H22ClN3O2. The Labute approximate surface area is 154 Å². The Morgan fingerprint density at radius 2 is 1.72 bits per heavy atom. The first-order valence-corrected chi connectivity index (χ1v) is 8.03. The molecule has 132 valence electrons. The third-order valence-corrected chi connectivity index (χ3v) is 4.04. The summed E-state index contributed by atoms with van der Waals surface area (Å²) in [5.74, 6) is 1.40. The number of carbonyl (C=O) groups is 1. The molecular weight excluding hydrogens is 338 g/mol. The van der Waals surface area contributed by atoms with Crippen molar-refractivity contribution in [2.75, 3.05) is 19.0 Å². The van der Waals surface area contributed by atoms with Crippen LogP contribution in [-0.2, 0) is 17.8 Å². The van der Waals surface area contributed by atoms with Crippen LogP contribution in [0.25, 0.3) is 0 Å². The van der Waals surface area contributed by atoms with Gasteiger partial charge in [-0.05, 0) is 41.8 Å². The zero-order chi connectivity index (χ0) is 16.9. The highest BCUT2D eigenvalue weighted by Crippen LogP contribution is 2.17. The van der Waals surface area contributed by atoms with Gasteiger partial charge < -0.3 is 10.1 Å². The SMILES string of the molecule is CCc1ccc(NC2=NCC(=O)N2Cc2ccc(OC)cc2)cc1.Cl. The van der Waals surface area contributed by atoms with Gasteiger partial charge in [-0.2, -0.15) is 0 Å². The number of nitrogens with one attached hydrogen (secondary N) is 1. The third-order valence-electron chi connectivity index (χ3n) is 4.04. The molecule has 3 rings (SSSR count). The van der Waals surface area contributed by atoms with Crippen LogP contribution in [0.5, 0.6) is 5.75 Å². The summed E-state index contributed by atoms with van der Waals surface area (Å²) < 4.78 is 5.16. The molecule has 0 unspecified atom stereocenters. The predicted octanol–water partition coefficient (Wildman–Crippen LogP) is 3.49. The average Bonchev–Trinajstić information content (AvgIpc) is 2.96. The summed E-state index contributed by atoms with van der Waals surface area (Å²) in [6.45, 7) is 2.80. The van der Waals surface area contributed by atoms with Crippen LogP contribution in [0, 0.1) is 0 Å². The number of hydrogen-bond acceptors (Lipinski definition) is 4. The zero-order valence-corrected chi connectivity index (χ0v) is 15.2. The van der Waals surface area contributed by atoms with Crippen molar-refractivity contribution in [2.24, 2.45) is 4.99 Å². The van der Waals surface area contributed by atoms with Gasteiger partial charge >= 0.3 is 0 Å². The number of halogens is 1. The predicted molar refractivity (Wildman–Crippen MR) is 103 cm³/mol. The first kappa shape index (κ1) is 18.8. The molecule has 0 spiro atoms. The van der Waals surface area contributed by atoms with Gasteiger partial charge in [0.15, 0.2) is 0 Å². The molecule has 25 heavy (non-hydrogen) atoms. The fourth-order valence-corrected chi connectivity index (χ4v) is 2.57. The summed E-state index contributed by atoms with van der Waals surface area (Å²) in [4.78, 5) is 18.1. The normalized spacial score (nSPS) is 13.3. The number of benzene rings is 2. The van der Waals surface area contributed by atoms with Gasteiger partial charge in [0.2, 0.25) is 5.96 Å². The highest BCUT2D eigenvalue weighted by atomic mass is 35.5. The molecule has 6 heteroatoms. The fourth-order valence-electron chi connectivity index (χ4n) is 2.57. The maximum absolute atomic E-state index is 12.1. The first-order chi connectivity index (χ1) is 11.7. The van der Waals surface area contributed by atoms with Crippen molar-refractivity contribution in [3.05, 3.63) is 59.7 Å². The molecule has 0 radical (unpaired) electrons. The number of hydrogen-bond donors (Lipinski definition) is 1. The molecule has 2 aromatic rings. The molecule has 1 amide bonds. The van der Waals surface area contributed by atoms with Gasteiger partial charge in [-0.1, -0.05) is 31.2 Å². The number of nitrogens with zero attached hydrogens (tertiary/aromatic N) is 2. The number of anilines is 1. The van der Waals surface area contributed by atoms with Crippen LogP contribution >= 0.6 is 12.4 Å². The summed E-state index contributed by atoms with van der Waals surface area (Å²) in [5, 5.41) is 3.25. The van der Waals surface area contributed by atoms with E-state index in [4.69, 9.17) is 4.74 Å². The number of aliphatic imine (C=N–C) groups is 1. The van der Waals surface area contributed by atoms with Crippen LogP contribution in [0.4, 0.5) is 5.69 Å². The van der Waals surface area contributed by atoms with Crippen LogP contribution in [0.3, 0.4) is 0 Å². The Bertz CT molecular complexity index is 742. The molecule has 1 N–H and O–H groups in total. The minimum atomic E-state index is -0.00139. The van der Waals surface area contributed by atoms with Gasteiger partial charge in [0.05, 0.1) is 13.7 Å². The number of methoxy groups -OCH3 is 1. The first-order valence-electron chi connectivity index (χ1n) is 8.03. The smallest absolute Gasteiger partial charge is 0.251 e. The van der Waals surface area contributed by atoms with Crippen LogP contribution in [0.15, 0.2) is 53.5 Å². The van der Waals surface area contributed by atoms with Crippen LogP contribution in [0.1, 0.15) is 18.1 Å². The summed E-state index contributed by atoms with van der Waals surface area (Å²) in [7, 11) is 1.64. The molecule has 2 aromatic carbocycles. The molecule has 0 aliphatic carbocycles. The lowest BCUT2D eigenvalue weighted by atomic mass is 10.1. The lowest BCUT2D eigenvalue weighted by molar-refractivity contribution is -0.125. The van der Waals surface area contributed by atoms with Crippen molar-refractivity contribution in [3.63, 3.8) is 0 Å². The highest BCUT2D eigenvalue weighted by molar-refractivity contribution is 6.08. The lowest BCUT2D eigenvalue weighted by Gasteiger charge is -2.20. The Balaban J connectivity index is 0.00000225. The van der Waals surface area contributed by atoms with Gasteiger partial charge in [0.1, 0.15) is 12.3 Å². The van der Waals surface area contributed by atoms with Gasteiger partial charge in [0.25, 0.3) is 5.91 Å². The fraction of sp³-hybridized carbons (Fsp3) is 0.263. The van der Waals surface area contributed by atoms with Gasteiger partial charge in [-0.3, -0.25) is 9.69 Å². The van der Waals surface area contributed by atoms with Crippen LogP contribution < -0.4 is 10.1 Å². The van der Waals surface area contributed by atoms with E-state index < -0.39 is 0 Å². The standard InChI is InChI=1S/C19H21N3O2.ClH/c1-3-14-4-8-16(9-5-14)21-19-20-12-18(23)22(19)13-15-6-10-17(24-2)11-7-15;/h4-11H,3,12-13H2,1-2H3,(H,20,21);1H. The number of rotatable bonds is 5. The van der Waals surface area contributed by atoms with Crippen molar-refractivity contribution in [1.29, 1.82) is 0 Å². The summed E-state index contributed by atoms with van der Waals surface area (Å²) >= 11 is 0. The number of guanidine groups is 1. The minimum absolute atomic E-state index is 0. The number of ether oxygens (including phenoxy) is 1. The molecule has 1 aliphatic rings. The minimum Gasteiger partial charge on any atom is -0.497 e. The van der Waals surface area contributed by atoms with Crippen molar-refractivity contribution >= 4 is 30.0 Å². The summed E-state index contributed by atoms with van der Waals surface area (Å²) in [6, 6.07) is 15.9. The van der Waals surface area contributed by atoms with E-state index in [9.17, 15) is 4.79 Å². The van der Waals surface area contributed by atoms with Crippen LogP contribution in [0.2, 0.25) is 0 Å². The monoisotopic (exact) mass is 359 g/mol. The van der Waals surface area contributed by atoms with Gasteiger partial charge in [-0.25, -0.2) is 4.99 Å². The molecule has 1 aliphatic heterocycles. The molecule has 1 heterocycles. The Hall–Kier alpha value is -2.53. The van der Waals surface area contributed by atoms with E-state index in [1.54, 1.807) is 12.0 Å².